The minimum absolute atomic E-state index is 0.197. The molecule has 2 unspecified atom stereocenters. The molecule has 2 aliphatic heterocycles. The number of nitrogens with zero attached hydrogens (tertiary/aromatic N) is 1. The summed E-state index contributed by atoms with van der Waals surface area (Å²) in [5, 5.41) is 0. The van der Waals surface area contributed by atoms with Gasteiger partial charge in [0.15, 0.2) is 0 Å². The summed E-state index contributed by atoms with van der Waals surface area (Å²) in [6.45, 7) is 0.197. The lowest BCUT2D eigenvalue weighted by Crippen LogP contribution is -2.38. The highest BCUT2D eigenvalue weighted by atomic mass is 79.9. The van der Waals surface area contributed by atoms with Crippen molar-refractivity contribution in [3.05, 3.63) is 58.1 Å². The second-order valence-electron chi connectivity index (χ2n) is 4.98. The van der Waals surface area contributed by atoms with Gasteiger partial charge in [0.25, 0.3) is 0 Å². The number of halogens is 1. The van der Waals surface area contributed by atoms with Crippen molar-refractivity contribution in [3.63, 3.8) is 0 Å². The summed E-state index contributed by atoms with van der Waals surface area (Å²) in [5.74, 6) is -0.429. The predicted octanol–water partition coefficient (Wildman–Crippen LogP) is 2.77. The Morgan fingerprint density at radius 1 is 1.18 bits per heavy atom. The summed E-state index contributed by atoms with van der Waals surface area (Å²) in [6, 6.07) is 8.72. The molecular formula is C16H14BrNO4. The molecule has 6 heteroatoms. The summed E-state index contributed by atoms with van der Waals surface area (Å²) in [6.07, 6.45) is 3.20. The van der Waals surface area contributed by atoms with Gasteiger partial charge in [-0.15, -0.1) is 0 Å². The molecule has 1 amide bonds. The molecule has 2 heterocycles. The van der Waals surface area contributed by atoms with Crippen molar-refractivity contribution in [1.82, 2.24) is 4.90 Å². The smallest absolute Gasteiger partial charge is 0.411 e. The van der Waals surface area contributed by atoms with Crippen molar-refractivity contribution in [2.45, 2.75) is 18.7 Å². The predicted molar refractivity (Wildman–Crippen MR) is 83.2 cm³/mol. The highest BCUT2D eigenvalue weighted by molar-refractivity contribution is 9.11. The van der Waals surface area contributed by atoms with Crippen LogP contribution in [0.1, 0.15) is 5.56 Å². The Morgan fingerprint density at radius 2 is 1.86 bits per heavy atom. The molecule has 114 valence electrons. The van der Waals surface area contributed by atoms with Gasteiger partial charge in [-0.05, 0) is 5.56 Å². The molecule has 0 N–H and O–H groups in total. The summed E-state index contributed by atoms with van der Waals surface area (Å²) in [7, 11) is 1.32. The van der Waals surface area contributed by atoms with Crippen molar-refractivity contribution < 1.29 is 19.1 Å². The van der Waals surface area contributed by atoms with Crippen LogP contribution in [-0.2, 0) is 20.9 Å². The van der Waals surface area contributed by atoms with E-state index in [9.17, 15) is 9.59 Å². The van der Waals surface area contributed by atoms with Gasteiger partial charge in [-0.2, -0.15) is 0 Å². The number of carbonyl (C=O) groups excluding carboxylic acids is 2. The highest BCUT2D eigenvalue weighted by Crippen LogP contribution is 2.41. The van der Waals surface area contributed by atoms with Gasteiger partial charge in [-0.1, -0.05) is 58.4 Å². The zero-order valence-electron chi connectivity index (χ0n) is 11.9. The van der Waals surface area contributed by atoms with E-state index in [0.717, 1.165) is 5.56 Å². The Hall–Kier alpha value is -2.08. The van der Waals surface area contributed by atoms with Crippen molar-refractivity contribution >= 4 is 28.0 Å². The third kappa shape index (κ3) is 2.43. The number of rotatable bonds is 3. The minimum Gasteiger partial charge on any atom is -0.457 e. The van der Waals surface area contributed by atoms with Crippen LogP contribution in [0, 0.1) is 0 Å². The number of esters is 1. The maximum atomic E-state index is 12.4. The van der Waals surface area contributed by atoms with Crippen molar-refractivity contribution in [2.24, 2.45) is 0 Å². The zero-order valence-corrected chi connectivity index (χ0v) is 13.4. The topological polar surface area (TPSA) is 55.8 Å². The Labute approximate surface area is 136 Å². The highest BCUT2D eigenvalue weighted by Gasteiger charge is 2.47. The van der Waals surface area contributed by atoms with E-state index in [2.05, 4.69) is 15.9 Å². The number of carbonyl (C=O) groups is 2. The standard InChI is InChI=1S/C16H14BrNO4/c1-21-16(20)18-11-7-8-12(18)14(17)13(11)15(19)22-9-10-5-3-2-4-6-10/h2-8,11-12H,9H2,1H3. The van der Waals surface area contributed by atoms with E-state index >= 15 is 0 Å². The Bertz CT molecular complexity index is 668. The number of hydrogen-bond acceptors (Lipinski definition) is 4. The van der Waals surface area contributed by atoms with Gasteiger partial charge >= 0.3 is 12.1 Å². The van der Waals surface area contributed by atoms with Crippen LogP contribution < -0.4 is 0 Å². The molecule has 0 fully saturated rings. The van der Waals surface area contributed by atoms with Gasteiger partial charge < -0.3 is 9.47 Å². The van der Waals surface area contributed by atoms with E-state index < -0.39 is 18.1 Å². The summed E-state index contributed by atoms with van der Waals surface area (Å²) < 4.78 is 10.8. The van der Waals surface area contributed by atoms with Crippen LogP contribution >= 0.6 is 15.9 Å². The maximum Gasteiger partial charge on any atom is 0.411 e. The van der Waals surface area contributed by atoms with Crippen molar-refractivity contribution in [1.29, 1.82) is 0 Å². The molecule has 0 aliphatic carbocycles. The molecule has 1 aromatic rings. The number of fused-ring (bicyclic) bond motifs is 2. The quantitative estimate of drug-likeness (QED) is 0.612. The first kappa shape index (κ1) is 14.8. The van der Waals surface area contributed by atoms with Crippen LogP contribution in [0.25, 0.3) is 0 Å². The average molecular weight is 364 g/mol. The van der Waals surface area contributed by atoms with Gasteiger partial charge in [-0.3, -0.25) is 4.90 Å². The fourth-order valence-electron chi connectivity index (χ4n) is 2.66. The molecular weight excluding hydrogens is 350 g/mol. The molecule has 0 radical (unpaired) electrons. The van der Waals surface area contributed by atoms with Gasteiger partial charge in [0.05, 0.1) is 24.8 Å². The van der Waals surface area contributed by atoms with Gasteiger partial charge in [0.1, 0.15) is 6.61 Å². The molecule has 2 aliphatic rings. The zero-order chi connectivity index (χ0) is 15.7. The van der Waals surface area contributed by atoms with Crippen molar-refractivity contribution in [2.75, 3.05) is 7.11 Å². The molecule has 2 bridgehead atoms. The SMILES string of the molecule is COC(=O)N1C2C=CC1C(C(=O)OCc1ccccc1)=C2Br. The first-order chi connectivity index (χ1) is 10.6. The van der Waals surface area contributed by atoms with E-state index in [1.54, 1.807) is 0 Å². The third-order valence-corrected chi connectivity index (χ3v) is 4.60. The van der Waals surface area contributed by atoms with E-state index in [1.807, 2.05) is 42.5 Å². The van der Waals surface area contributed by atoms with Crippen LogP contribution in [0.15, 0.2) is 52.5 Å². The van der Waals surface area contributed by atoms with E-state index in [-0.39, 0.29) is 12.6 Å². The Kier molecular flexibility index (Phi) is 4.02. The van der Waals surface area contributed by atoms with E-state index in [1.165, 1.54) is 12.0 Å². The van der Waals surface area contributed by atoms with Crippen LogP contribution in [0.5, 0.6) is 0 Å². The maximum absolute atomic E-state index is 12.4. The summed E-state index contributed by atoms with van der Waals surface area (Å²) in [4.78, 5) is 25.7. The molecule has 0 aromatic heterocycles. The van der Waals surface area contributed by atoms with Crippen molar-refractivity contribution in [3.8, 4) is 0 Å². The summed E-state index contributed by atoms with van der Waals surface area (Å²) in [5.41, 5.74) is 1.37. The fourth-order valence-corrected chi connectivity index (χ4v) is 3.43. The lowest BCUT2D eigenvalue weighted by Gasteiger charge is -2.21. The normalized spacial score (nSPS) is 22.2. The molecule has 5 nitrogen and oxygen atoms in total. The first-order valence-corrected chi connectivity index (χ1v) is 7.58. The molecule has 0 saturated carbocycles. The van der Waals surface area contributed by atoms with Gasteiger partial charge in [-0.25, -0.2) is 9.59 Å². The largest absolute Gasteiger partial charge is 0.457 e. The number of benzene rings is 1. The third-order valence-electron chi connectivity index (χ3n) is 3.71. The fraction of sp³-hybridized carbons (Fsp3) is 0.250. The second-order valence-corrected chi connectivity index (χ2v) is 5.83. The number of ether oxygens (including phenoxy) is 2. The monoisotopic (exact) mass is 363 g/mol. The lowest BCUT2D eigenvalue weighted by molar-refractivity contribution is -0.140. The average Bonchev–Trinajstić information content (AvgIpc) is 3.08. The number of hydrogen-bond donors (Lipinski definition) is 0. The Balaban J connectivity index is 1.72. The molecule has 22 heavy (non-hydrogen) atoms. The molecule has 0 spiro atoms. The van der Waals surface area contributed by atoms with E-state index in [0.29, 0.717) is 10.1 Å². The van der Waals surface area contributed by atoms with Gasteiger partial charge in [0.2, 0.25) is 0 Å². The number of amides is 1. The Morgan fingerprint density at radius 3 is 2.55 bits per heavy atom. The molecule has 1 aromatic carbocycles. The van der Waals surface area contributed by atoms with Crippen LogP contribution in [0.4, 0.5) is 4.79 Å². The minimum atomic E-state index is -0.470. The molecule has 0 saturated heterocycles. The molecule has 3 rings (SSSR count). The van der Waals surface area contributed by atoms with Crippen LogP contribution in [-0.4, -0.2) is 36.2 Å². The van der Waals surface area contributed by atoms with Crippen LogP contribution in [0.2, 0.25) is 0 Å². The number of methoxy groups -OCH3 is 1. The first-order valence-electron chi connectivity index (χ1n) is 6.78. The second kappa shape index (κ2) is 5.96. The lowest BCUT2D eigenvalue weighted by atomic mass is 10.1. The van der Waals surface area contributed by atoms with Crippen LogP contribution in [0.3, 0.4) is 0 Å². The van der Waals surface area contributed by atoms with E-state index in [4.69, 9.17) is 9.47 Å². The molecule has 2 atom stereocenters. The summed E-state index contributed by atoms with van der Waals surface area (Å²) >= 11 is 3.40. The van der Waals surface area contributed by atoms with Gasteiger partial charge in [0, 0.05) is 4.48 Å².